The fourth-order valence-electron chi connectivity index (χ4n) is 2.27. The summed E-state index contributed by atoms with van der Waals surface area (Å²) in [7, 11) is 0. The third-order valence-corrected chi connectivity index (χ3v) is 4.04. The molecular weight excluding hydrogens is 278 g/mol. The Balaban J connectivity index is 1.86. The smallest absolute Gasteiger partial charge is 0.303 e. The lowest BCUT2D eigenvalue weighted by atomic mass is 9.95. The molecule has 4 nitrogen and oxygen atoms in total. The summed E-state index contributed by atoms with van der Waals surface area (Å²) in [6, 6.07) is 7.57. The van der Waals surface area contributed by atoms with E-state index in [1.54, 1.807) is 0 Å². The van der Waals surface area contributed by atoms with Crippen LogP contribution < -0.4 is 5.32 Å². The normalized spacial score (nSPS) is 15.7. The number of aliphatic carboxylic acids is 1. The van der Waals surface area contributed by atoms with Gasteiger partial charge in [-0.25, -0.2) is 0 Å². The Morgan fingerprint density at radius 2 is 2.00 bits per heavy atom. The standard InChI is InChI=1S/C15H18ClNO3/c16-12-5-2-1-4-11(12)10-15(7-8-15)14(20)17-9-3-6-13(18)19/h1-2,4-5H,3,6-10H2,(H,17,20)(H,18,19). The molecule has 0 aliphatic heterocycles. The average molecular weight is 296 g/mol. The summed E-state index contributed by atoms with van der Waals surface area (Å²) in [6.45, 7) is 0.412. The Morgan fingerprint density at radius 1 is 1.30 bits per heavy atom. The largest absolute Gasteiger partial charge is 0.481 e. The third kappa shape index (κ3) is 3.73. The van der Waals surface area contributed by atoms with Crippen LogP contribution in [-0.4, -0.2) is 23.5 Å². The molecule has 1 saturated carbocycles. The lowest BCUT2D eigenvalue weighted by Gasteiger charge is -2.16. The highest BCUT2D eigenvalue weighted by molar-refractivity contribution is 6.31. The molecule has 108 valence electrons. The topological polar surface area (TPSA) is 66.4 Å². The van der Waals surface area contributed by atoms with Crippen LogP contribution in [0, 0.1) is 5.41 Å². The Hall–Kier alpha value is -1.55. The van der Waals surface area contributed by atoms with E-state index in [4.69, 9.17) is 16.7 Å². The van der Waals surface area contributed by atoms with Crippen LogP contribution in [0.25, 0.3) is 0 Å². The number of hydrogen-bond donors (Lipinski definition) is 2. The Bertz CT molecular complexity index is 512. The first-order valence-electron chi connectivity index (χ1n) is 6.77. The summed E-state index contributed by atoms with van der Waals surface area (Å²) < 4.78 is 0. The predicted molar refractivity (Wildman–Crippen MR) is 76.7 cm³/mol. The molecule has 0 saturated heterocycles. The SMILES string of the molecule is O=C(O)CCCNC(=O)C1(Cc2ccccc2Cl)CC1. The van der Waals surface area contributed by atoms with E-state index < -0.39 is 5.97 Å². The summed E-state index contributed by atoms with van der Waals surface area (Å²) in [5.74, 6) is -0.820. The molecule has 0 atom stereocenters. The first-order chi connectivity index (χ1) is 9.53. The lowest BCUT2D eigenvalue weighted by molar-refractivity contribution is -0.137. The van der Waals surface area contributed by atoms with Gasteiger partial charge < -0.3 is 10.4 Å². The van der Waals surface area contributed by atoms with Crippen molar-refractivity contribution in [1.82, 2.24) is 5.32 Å². The second kappa shape index (κ2) is 6.27. The summed E-state index contributed by atoms with van der Waals surface area (Å²) in [5.41, 5.74) is 0.654. The Kier molecular flexibility index (Phi) is 4.65. The van der Waals surface area contributed by atoms with Gasteiger partial charge in [0.05, 0.1) is 5.41 Å². The first-order valence-corrected chi connectivity index (χ1v) is 7.15. The second-order valence-corrected chi connectivity index (χ2v) is 5.71. The molecule has 2 rings (SSSR count). The van der Waals surface area contributed by atoms with Crippen molar-refractivity contribution in [3.05, 3.63) is 34.9 Å². The second-order valence-electron chi connectivity index (χ2n) is 5.30. The number of nitrogens with one attached hydrogen (secondary N) is 1. The van der Waals surface area contributed by atoms with Crippen molar-refractivity contribution in [1.29, 1.82) is 0 Å². The number of rotatable bonds is 7. The van der Waals surface area contributed by atoms with E-state index >= 15 is 0 Å². The highest BCUT2D eigenvalue weighted by Gasteiger charge is 2.49. The van der Waals surface area contributed by atoms with Gasteiger partial charge in [0.15, 0.2) is 0 Å². The number of carboxylic acids is 1. The quantitative estimate of drug-likeness (QED) is 0.760. The molecular formula is C15H18ClNO3. The molecule has 1 amide bonds. The molecule has 0 spiro atoms. The zero-order chi connectivity index (χ0) is 14.6. The number of carbonyl (C=O) groups excluding carboxylic acids is 1. The van der Waals surface area contributed by atoms with Crippen molar-refractivity contribution < 1.29 is 14.7 Å². The van der Waals surface area contributed by atoms with Crippen molar-refractivity contribution in [3.63, 3.8) is 0 Å². The van der Waals surface area contributed by atoms with Crippen LogP contribution in [0.5, 0.6) is 0 Å². The molecule has 0 radical (unpaired) electrons. The molecule has 0 unspecified atom stereocenters. The minimum absolute atomic E-state index is 0.0165. The minimum Gasteiger partial charge on any atom is -0.481 e. The maximum absolute atomic E-state index is 12.2. The van der Waals surface area contributed by atoms with Gasteiger partial charge in [-0.05, 0) is 37.3 Å². The Labute approximate surface area is 123 Å². The molecule has 5 heteroatoms. The number of hydrogen-bond acceptors (Lipinski definition) is 2. The van der Waals surface area contributed by atoms with Gasteiger partial charge in [0.25, 0.3) is 0 Å². The van der Waals surface area contributed by atoms with Gasteiger partial charge in [-0.1, -0.05) is 29.8 Å². The van der Waals surface area contributed by atoms with Gasteiger partial charge >= 0.3 is 5.97 Å². The van der Waals surface area contributed by atoms with Gasteiger partial charge in [-0.2, -0.15) is 0 Å². The summed E-state index contributed by atoms with van der Waals surface area (Å²) in [5, 5.41) is 12.1. The predicted octanol–water partition coefficient (Wildman–Crippen LogP) is 2.64. The van der Waals surface area contributed by atoms with E-state index in [0.29, 0.717) is 24.4 Å². The molecule has 1 aliphatic carbocycles. The van der Waals surface area contributed by atoms with Gasteiger partial charge in [0.2, 0.25) is 5.91 Å². The maximum atomic E-state index is 12.2. The number of carboxylic acid groups (broad SMARTS) is 1. The van der Waals surface area contributed by atoms with Gasteiger partial charge in [-0.15, -0.1) is 0 Å². The van der Waals surface area contributed by atoms with Gasteiger partial charge in [0, 0.05) is 18.0 Å². The molecule has 1 aromatic rings. The highest BCUT2D eigenvalue weighted by Crippen LogP contribution is 2.49. The van der Waals surface area contributed by atoms with Crippen molar-refractivity contribution in [2.75, 3.05) is 6.54 Å². The molecule has 0 bridgehead atoms. The number of carbonyl (C=O) groups is 2. The molecule has 20 heavy (non-hydrogen) atoms. The van der Waals surface area contributed by atoms with Crippen molar-refractivity contribution in [2.24, 2.45) is 5.41 Å². The van der Waals surface area contributed by atoms with Crippen LogP contribution in [0.4, 0.5) is 0 Å². The number of halogens is 1. The molecule has 1 fully saturated rings. The van der Waals surface area contributed by atoms with Gasteiger partial charge in [-0.3, -0.25) is 9.59 Å². The van der Waals surface area contributed by atoms with Crippen LogP contribution in [0.3, 0.4) is 0 Å². The average Bonchev–Trinajstić information content (AvgIpc) is 3.18. The van der Waals surface area contributed by atoms with Crippen LogP contribution in [0.1, 0.15) is 31.2 Å². The fraction of sp³-hybridized carbons (Fsp3) is 0.467. The van der Waals surface area contributed by atoms with Crippen molar-refractivity contribution in [2.45, 2.75) is 32.1 Å². The van der Waals surface area contributed by atoms with Crippen LogP contribution >= 0.6 is 11.6 Å². The van der Waals surface area contributed by atoms with Crippen molar-refractivity contribution in [3.8, 4) is 0 Å². The first kappa shape index (κ1) is 14.9. The number of benzene rings is 1. The molecule has 2 N–H and O–H groups in total. The summed E-state index contributed by atoms with van der Waals surface area (Å²) >= 11 is 6.13. The monoisotopic (exact) mass is 295 g/mol. The van der Waals surface area contributed by atoms with Crippen LogP contribution in [0.2, 0.25) is 5.02 Å². The van der Waals surface area contributed by atoms with Gasteiger partial charge in [0.1, 0.15) is 0 Å². The van der Waals surface area contributed by atoms with E-state index in [1.807, 2.05) is 24.3 Å². The molecule has 1 aromatic carbocycles. The fourth-order valence-corrected chi connectivity index (χ4v) is 2.47. The summed E-state index contributed by atoms with van der Waals surface area (Å²) in [6.07, 6.45) is 2.92. The zero-order valence-electron chi connectivity index (χ0n) is 11.2. The van der Waals surface area contributed by atoms with E-state index in [0.717, 1.165) is 18.4 Å². The van der Waals surface area contributed by atoms with Crippen molar-refractivity contribution >= 4 is 23.5 Å². The third-order valence-electron chi connectivity index (χ3n) is 3.67. The Morgan fingerprint density at radius 3 is 2.60 bits per heavy atom. The highest BCUT2D eigenvalue weighted by atomic mass is 35.5. The number of amides is 1. The molecule has 0 aromatic heterocycles. The van der Waals surface area contributed by atoms with Crippen LogP contribution in [-0.2, 0) is 16.0 Å². The molecule has 0 heterocycles. The van der Waals surface area contributed by atoms with E-state index in [1.165, 1.54) is 0 Å². The zero-order valence-corrected chi connectivity index (χ0v) is 11.9. The maximum Gasteiger partial charge on any atom is 0.303 e. The molecule has 1 aliphatic rings. The van der Waals surface area contributed by atoms with E-state index in [-0.39, 0.29) is 17.7 Å². The van der Waals surface area contributed by atoms with E-state index in [2.05, 4.69) is 5.32 Å². The van der Waals surface area contributed by atoms with E-state index in [9.17, 15) is 9.59 Å². The lowest BCUT2D eigenvalue weighted by Crippen LogP contribution is -2.34. The summed E-state index contributed by atoms with van der Waals surface area (Å²) in [4.78, 5) is 22.6. The van der Waals surface area contributed by atoms with Crippen LogP contribution in [0.15, 0.2) is 24.3 Å². The minimum atomic E-state index is -0.837.